The molecule has 11 heteroatoms. The van der Waals surface area contributed by atoms with E-state index in [4.69, 9.17) is 28.4 Å². The zero-order valence-corrected chi connectivity index (χ0v) is 30.3. The van der Waals surface area contributed by atoms with Gasteiger partial charge in [0.05, 0.1) is 30.4 Å². The maximum Gasteiger partial charge on any atom is 0.410 e. The van der Waals surface area contributed by atoms with Crippen molar-refractivity contribution in [1.82, 2.24) is 4.90 Å². The summed E-state index contributed by atoms with van der Waals surface area (Å²) < 4.78 is 35.5. The summed E-state index contributed by atoms with van der Waals surface area (Å²) in [5, 5.41) is 10.7. The number of aliphatic hydroxyl groups is 1. The predicted octanol–water partition coefficient (Wildman–Crippen LogP) is 6.83. The summed E-state index contributed by atoms with van der Waals surface area (Å²) in [7, 11) is 0. The Kier molecular flexibility index (Phi) is 17.5. The largest absolute Gasteiger partial charge is 0.458 e. The van der Waals surface area contributed by atoms with Crippen molar-refractivity contribution in [3.8, 4) is 0 Å². The molecule has 0 aliphatic rings. The average molecular weight is 728 g/mol. The van der Waals surface area contributed by atoms with Crippen molar-refractivity contribution in [3.63, 3.8) is 0 Å². The molecule has 0 radical (unpaired) electrons. The number of ether oxygens (including phenoxy) is 6. The molecule has 282 valence electrons. The molecule has 4 rings (SSSR count). The number of benzene rings is 4. The lowest BCUT2D eigenvalue weighted by molar-refractivity contribution is -0.242. The molecule has 0 bridgehead atoms. The van der Waals surface area contributed by atoms with Crippen LogP contribution in [0.2, 0.25) is 0 Å². The van der Waals surface area contributed by atoms with E-state index in [0.717, 1.165) is 24.0 Å². The monoisotopic (exact) mass is 727 g/mol. The molecular formula is C42H49NO10. The number of carbonyl (C=O) groups is 3. The molecule has 0 aromatic heterocycles. The second-order valence-electron chi connectivity index (χ2n) is 12.3. The van der Waals surface area contributed by atoms with Crippen LogP contribution in [0.15, 0.2) is 121 Å². The van der Waals surface area contributed by atoms with Crippen LogP contribution in [0.3, 0.4) is 0 Å². The number of carbonyl (C=O) groups excluding carboxylic acids is 3. The molecule has 0 heterocycles. The lowest BCUT2D eigenvalue weighted by atomic mass is 10.2. The van der Waals surface area contributed by atoms with Gasteiger partial charge in [0.25, 0.3) is 0 Å². The van der Waals surface area contributed by atoms with E-state index < -0.39 is 49.2 Å². The van der Waals surface area contributed by atoms with Gasteiger partial charge in [-0.15, -0.1) is 0 Å². The van der Waals surface area contributed by atoms with Gasteiger partial charge < -0.3 is 38.4 Å². The van der Waals surface area contributed by atoms with Crippen LogP contribution in [0, 0.1) is 0 Å². The highest BCUT2D eigenvalue weighted by atomic mass is 16.7. The molecule has 4 aromatic carbocycles. The number of esters is 2. The summed E-state index contributed by atoms with van der Waals surface area (Å²) in [5.41, 5.74) is 2.27. The van der Waals surface area contributed by atoms with Gasteiger partial charge in [-0.05, 0) is 48.7 Å². The summed E-state index contributed by atoms with van der Waals surface area (Å²) in [5.74, 6) is -1.35. The molecule has 1 N–H and O–H groups in total. The topological polar surface area (TPSA) is 130 Å². The quantitative estimate of drug-likeness (QED) is 0.0398. The van der Waals surface area contributed by atoms with Crippen LogP contribution < -0.4 is 0 Å². The molecule has 0 saturated carbocycles. The van der Waals surface area contributed by atoms with Crippen LogP contribution in [0.5, 0.6) is 0 Å². The predicted molar refractivity (Wildman–Crippen MR) is 198 cm³/mol. The first-order valence-electron chi connectivity index (χ1n) is 17.8. The molecule has 0 fully saturated rings. The second-order valence-corrected chi connectivity index (χ2v) is 12.3. The molecule has 0 spiro atoms. The minimum Gasteiger partial charge on any atom is -0.458 e. The average Bonchev–Trinajstić information content (AvgIpc) is 3.19. The minimum absolute atomic E-state index is 0.0205. The molecule has 4 aromatic rings. The molecule has 0 aliphatic heterocycles. The molecule has 53 heavy (non-hydrogen) atoms. The molecule has 1 amide bonds. The standard InChI is InChI=1S/C42H49NO10/c1-3-4-26-48-30-37(32(2)44)53-41(38(52-40(46)36-23-15-8-16-24-36)31-50-39(45)35-21-13-7-14-22-35)49-27-25-43(28-33-17-9-5-10-18-33)42(47)51-29-34-19-11-6-12-20-34/h5-24,32,37-38,41,44H,3-4,25-31H2,1-2H3/t32-,37?,38-,41+/m0/s1. The highest BCUT2D eigenvalue weighted by Gasteiger charge is 2.34. The highest BCUT2D eigenvalue weighted by molar-refractivity contribution is 5.90. The Morgan fingerprint density at radius 2 is 1.25 bits per heavy atom. The number of aliphatic hydroxyl groups excluding tert-OH is 1. The fourth-order valence-corrected chi connectivity index (χ4v) is 5.04. The van der Waals surface area contributed by atoms with Crippen molar-refractivity contribution < 1.29 is 47.9 Å². The molecular weight excluding hydrogens is 678 g/mol. The van der Waals surface area contributed by atoms with Crippen LogP contribution in [-0.2, 0) is 41.6 Å². The summed E-state index contributed by atoms with van der Waals surface area (Å²) in [6, 6.07) is 35.5. The maximum atomic E-state index is 13.4. The zero-order valence-electron chi connectivity index (χ0n) is 30.3. The second kappa shape index (κ2) is 22.8. The molecule has 0 aliphatic carbocycles. The van der Waals surface area contributed by atoms with Crippen molar-refractivity contribution >= 4 is 18.0 Å². The van der Waals surface area contributed by atoms with Gasteiger partial charge in [-0.2, -0.15) is 0 Å². The van der Waals surface area contributed by atoms with Crippen molar-refractivity contribution in [2.75, 3.05) is 33.0 Å². The van der Waals surface area contributed by atoms with Crippen molar-refractivity contribution in [3.05, 3.63) is 144 Å². The summed E-state index contributed by atoms with van der Waals surface area (Å²) in [6.45, 7) is 3.88. The third-order valence-electron chi connectivity index (χ3n) is 8.05. The van der Waals surface area contributed by atoms with Gasteiger partial charge in [0.2, 0.25) is 0 Å². The number of unbranched alkanes of at least 4 members (excludes halogenated alkanes) is 1. The molecule has 0 saturated heterocycles. The van der Waals surface area contributed by atoms with E-state index in [1.54, 1.807) is 67.6 Å². The Morgan fingerprint density at radius 1 is 0.679 bits per heavy atom. The Balaban J connectivity index is 1.57. The first-order chi connectivity index (χ1) is 25.8. The van der Waals surface area contributed by atoms with Crippen LogP contribution in [0.25, 0.3) is 0 Å². The molecule has 11 nitrogen and oxygen atoms in total. The summed E-state index contributed by atoms with van der Waals surface area (Å²) in [6.07, 6.45) is -3.40. The SMILES string of the molecule is CCCCOCC(O[C@@H](OCCN(Cc1ccccc1)C(=O)OCc1ccccc1)[C@H](COC(=O)c1ccccc1)OC(=O)c1ccccc1)[C@H](C)O. The number of hydrogen-bond donors (Lipinski definition) is 1. The van der Waals surface area contributed by atoms with E-state index in [-0.39, 0.29) is 38.5 Å². The van der Waals surface area contributed by atoms with E-state index in [1.807, 2.05) is 67.6 Å². The van der Waals surface area contributed by atoms with Crippen molar-refractivity contribution in [1.29, 1.82) is 0 Å². The third kappa shape index (κ3) is 14.5. The lowest BCUT2D eigenvalue weighted by Crippen LogP contribution is -2.46. The molecule has 1 unspecified atom stereocenters. The van der Waals surface area contributed by atoms with Gasteiger partial charge in [0.15, 0.2) is 12.4 Å². The van der Waals surface area contributed by atoms with Gasteiger partial charge in [-0.3, -0.25) is 0 Å². The number of hydrogen-bond acceptors (Lipinski definition) is 10. The van der Waals surface area contributed by atoms with Crippen LogP contribution >= 0.6 is 0 Å². The zero-order chi connectivity index (χ0) is 37.7. The lowest BCUT2D eigenvalue weighted by Gasteiger charge is -2.32. The van der Waals surface area contributed by atoms with E-state index in [0.29, 0.717) is 12.2 Å². The van der Waals surface area contributed by atoms with E-state index >= 15 is 0 Å². The third-order valence-corrected chi connectivity index (χ3v) is 8.05. The number of rotatable bonds is 22. The Labute approximate surface area is 311 Å². The van der Waals surface area contributed by atoms with Crippen molar-refractivity contribution in [2.24, 2.45) is 0 Å². The number of nitrogens with zero attached hydrogens (tertiary/aromatic N) is 1. The first kappa shape index (κ1) is 40.7. The Bertz CT molecular complexity index is 1620. The maximum absolute atomic E-state index is 13.4. The smallest absolute Gasteiger partial charge is 0.410 e. The van der Waals surface area contributed by atoms with Gasteiger partial charge in [0, 0.05) is 19.7 Å². The van der Waals surface area contributed by atoms with E-state index in [9.17, 15) is 19.5 Å². The normalized spacial score (nSPS) is 13.3. The van der Waals surface area contributed by atoms with Crippen LogP contribution in [0.4, 0.5) is 4.79 Å². The summed E-state index contributed by atoms with van der Waals surface area (Å²) >= 11 is 0. The Hall–Kier alpha value is -5.07. The van der Waals surface area contributed by atoms with Crippen LogP contribution in [0.1, 0.15) is 58.5 Å². The van der Waals surface area contributed by atoms with Crippen LogP contribution in [-0.4, -0.2) is 85.6 Å². The van der Waals surface area contributed by atoms with E-state index in [2.05, 4.69) is 0 Å². The summed E-state index contributed by atoms with van der Waals surface area (Å²) in [4.78, 5) is 41.3. The van der Waals surface area contributed by atoms with Gasteiger partial charge >= 0.3 is 18.0 Å². The minimum atomic E-state index is -1.36. The van der Waals surface area contributed by atoms with E-state index in [1.165, 1.54) is 4.90 Å². The molecule has 4 atom stereocenters. The Morgan fingerprint density at radius 3 is 1.83 bits per heavy atom. The number of amides is 1. The van der Waals surface area contributed by atoms with Gasteiger partial charge in [-0.1, -0.05) is 110 Å². The fourth-order valence-electron chi connectivity index (χ4n) is 5.04. The van der Waals surface area contributed by atoms with Gasteiger partial charge in [-0.25, -0.2) is 14.4 Å². The van der Waals surface area contributed by atoms with Gasteiger partial charge in [0.1, 0.15) is 19.3 Å². The van der Waals surface area contributed by atoms with Crippen molar-refractivity contribution in [2.45, 2.75) is 64.4 Å². The highest BCUT2D eigenvalue weighted by Crippen LogP contribution is 2.18. The first-order valence-corrected chi connectivity index (χ1v) is 17.8. The fraction of sp³-hybridized carbons (Fsp3) is 0.357.